The van der Waals surface area contributed by atoms with Gasteiger partial charge in [-0.2, -0.15) is 0 Å². The molecule has 0 atom stereocenters. The van der Waals surface area contributed by atoms with Crippen molar-refractivity contribution in [3.8, 4) is 11.1 Å². The van der Waals surface area contributed by atoms with E-state index in [0.717, 1.165) is 5.69 Å². The number of para-hydroxylation sites is 1. The summed E-state index contributed by atoms with van der Waals surface area (Å²) in [4.78, 5) is 2.51. The number of thiophene rings is 2. The fourth-order valence-electron chi connectivity index (χ4n) is 8.43. The minimum atomic E-state index is 1.14. The Hall–Kier alpha value is -6.78. The van der Waals surface area contributed by atoms with Gasteiger partial charge in [0.25, 0.3) is 0 Å². The third kappa shape index (κ3) is 5.83. The SMILES string of the molecule is C(=C(\c1ccccc1)c1cccc2c1sc1cccc(N(c3ccccc3)c3cc4ccccc4c4sc5ccccc5c34)c12)/c1ccc(-c2ccccc2)cc1. The number of anilines is 3. The Labute approximate surface area is 339 Å². The lowest BCUT2D eigenvalue weighted by Gasteiger charge is -2.28. The van der Waals surface area contributed by atoms with Gasteiger partial charge in [0.1, 0.15) is 0 Å². The van der Waals surface area contributed by atoms with Crippen LogP contribution in [0.25, 0.3) is 73.9 Å². The summed E-state index contributed by atoms with van der Waals surface area (Å²) in [5, 5.41) is 7.65. The van der Waals surface area contributed by atoms with Gasteiger partial charge < -0.3 is 4.90 Å². The lowest BCUT2D eigenvalue weighted by Crippen LogP contribution is -2.10. The Balaban J connectivity index is 1.15. The molecule has 1 nitrogen and oxygen atoms in total. The molecule has 57 heavy (non-hydrogen) atoms. The second-order valence-electron chi connectivity index (χ2n) is 14.4. The van der Waals surface area contributed by atoms with Gasteiger partial charge in [-0.1, -0.05) is 170 Å². The van der Waals surface area contributed by atoms with Gasteiger partial charge in [-0.25, -0.2) is 0 Å². The van der Waals surface area contributed by atoms with E-state index in [1.807, 2.05) is 22.7 Å². The maximum absolute atomic E-state index is 2.51. The quantitative estimate of drug-likeness (QED) is 0.146. The number of hydrogen-bond donors (Lipinski definition) is 0. The summed E-state index contributed by atoms with van der Waals surface area (Å²) >= 11 is 3.78. The van der Waals surface area contributed by atoms with Gasteiger partial charge in [-0.15, -0.1) is 22.7 Å². The monoisotopic (exact) mass is 761 g/mol. The molecule has 11 aromatic rings. The van der Waals surface area contributed by atoms with Gasteiger partial charge in [-0.05, 0) is 81.1 Å². The Morgan fingerprint density at radius 2 is 1.04 bits per heavy atom. The molecule has 0 bridgehead atoms. The first-order chi connectivity index (χ1) is 28.3. The van der Waals surface area contributed by atoms with Crippen LogP contribution in [0.3, 0.4) is 0 Å². The van der Waals surface area contributed by atoms with E-state index in [-0.39, 0.29) is 0 Å². The van der Waals surface area contributed by atoms with Crippen LogP contribution in [0.2, 0.25) is 0 Å². The molecular formula is C54H35NS2. The highest BCUT2D eigenvalue weighted by atomic mass is 32.1. The first-order valence-electron chi connectivity index (χ1n) is 19.3. The molecule has 0 unspecified atom stereocenters. The van der Waals surface area contributed by atoms with Crippen molar-refractivity contribution in [1.82, 2.24) is 0 Å². The van der Waals surface area contributed by atoms with Crippen LogP contribution in [0.1, 0.15) is 16.7 Å². The van der Waals surface area contributed by atoms with Crippen molar-refractivity contribution in [3.63, 3.8) is 0 Å². The van der Waals surface area contributed by atoms with E-state index in [4.69, 9.17) is 0 Å². The van der Waals surface area contributed by atoms with Crippen LogP contribution < -0.4 is 4.90 Å². The molecule has 2 heterocycles. The standard InChI is InChI=1S/C54H35NS2/c1-4-16-37(17-5-1)38-32-30-36(31-33-38)34-46(39-18-6-2-7-19-39)43-25-14-26-45-51-47(27-15-29-50(51)57-53(43)45)55(41-21-8-3-9-22-41)48-35-40-20-10-11-23-42(40)54-52(48)44-24-12-13-28-49(44)56-54/h1-35H/b46-34-. The zero-order valence-electron chi connectivity index (χ0n) is 31.0. The fourth-order valence-corrected chi connectivity index (χ4v) is 10.9. The van der Waals surface area contributed by atoms with Crippen LogP contribution in [0, 0.1) is 0 Å². The van der Waals surface area contributed by atoms with Crippen LogP contribution in [0.4, 0.5) is 17.1 Å². The third-order valence-corrected chi connectivity index (χ3v) is 13.5. The second-order valence-corrected chi connectivity index (χ2v) is 16.5. The molecule has 0 aliphatic rings. The molecule has 3 heteroatoms. The average Bonchev–Trinajstić information content (AvgIpc) is 3.87. The molecule has 0 N–H and O–H groups in total. The first kappa shape index (κ1) is 33.5. The first-order valence-corrected chi connectivity index (χ1v) is 21.0. The molecule has 0 aliphatic carbocycles. The van der Waals surface area contributed by atoms with E-state index in [9.17, 15) is 0 Å². The summed E-state index contributed by atoms with van der Waals surface area (Å²) in [6.45, 7) is 0. The molecule has 0 fully saturated rings. The van der Waals surface area contributed by atoms with Crippen LogP contribution in [0.15, 0.2) is 206 Å². The Kier molecular flexibility index (Phi) is 8.28. The Bertz CT molecular complexity index is 3270. The van der Waals surface area contributed by atoms with Gasteiger partial charge >= 0.3 is 0 Å². The van der Waals surface area contributed by atoms with Crippen molar-refractivity contribution in [1.29, 1.82) is 0 Å². The van der Waals surface area contributed by atoms with E-state index in [1.54, 1.807) is 0 Å². The minimum absolute atomic E-state index is 1.14. The van der Waals surface area contributed by atoms with Crippen LogP contribution in [-0.2, 0) is 0 Å². The van der Waals surface area contributed by atoms with Crippen molar-refractivity contribution in [3.05, 3.63) is 223 Å². The summed E-state index contributed by atoms with van der Waals surface area (Å²) in [6, 6.07) is 75.1. The van der Waals surface area contributed by atoms with Crippen molar-refractivity contribution in [2.75, 3.05) is 4.90 Å². The van der Waals surface area contributed by atoms with Crippen molar-refractivity contribution in [2.45, 2.75) is 0 Å². The highest BCUT2D eigenvalue weighted by Crippen LogP contribution is 2.51. The van der Waals surface area contributed by atoms with Crippen LogP contribution >= 0.6 is 22.7 Å². The maximum Gasteiger partial charge on any atom is 0.0561 e. The summed E-state index contributed by atoms with van der Waals surface area (Å²) in [5.41, 5.74) is 10.8. The molecule has 0 spiro atoms. The van der Waals surface area contributed by atoms with E-state index in [0.29, 0.717) is 0 Å². The smallest absolute Gasteiger partial charge is 0.0561 e. The number of fused-ring (bicyclic) bond motifs is 8. The molecular weight excluding hydrogens is 727 g/mol. The van der Waals surface area contributed by atoms with Gasteiger partial charge in [0, 0.05) is 51.6 Å². The van der Waals surface area contributed by atoms with Crippen LogP contribution in [0.5, 0.6) is 0 Å². The normalized spacial score (nSPS) is 12.0. The zero-order chi connectivity index (χ0) is 37.7. The summed E-state index contributed by atoms with van der Waals surface area (Å²) < 4.78 is 5.18. The molecule has 11 rings (SSSR count). The molecule has 2 aromatic heterocycles. The largest absolute Gasteiger partial charge is 0.309 e. The summed E-state index contributed by atoms with van der Waals surface area (Å²) in [6.07, 6.45) is 2.36. The molecule has 0 saturated heterocycles. The van der Waals surface area contributed by atoms with Gasteiger partial charge in [0.15, 0.2) is 0 Å². The zero-order valence-corrected chi connectivity index (χ0v) is 32.6. The average molecular weight is 762 g/mol. The fraction of sp³-hybridized carbons (Fsp3) is 0. The Morgan fingerprint density at radius 3 is 1.84 bits per heavy atom. The Morgan fingerprint density at radius 1 is 0.421 bits per heavy atom. The van der Waals surface area contributed by atoms with E-state index >= 15 is 0 Å². The molecule has 9 aromatic carbocycles. The number of hydrogen-bond acceptors (Lipinski definition) is 3. The predicted molar refractivity (Wildman–Crippen MR) is 250 cm³/mol. The molecule has 0 radical (unpaired) electrons. The molecule has 0 aliphatic heterocycles. The van der Waals surface area contributed by atoms with Crippen molar-refractivity contribution >= 4 is 103 Å². The third-order valence-electron chi connectivity index (χ3n) is 11.0. The second kappa shape index (κ2) is 14.1. The van der Waals surface area contributed by atoms with Gasteiger partial charge in [0.05, 0.1) is 11.4 Å². The predicted octanol–water partition coefficient (Wildman–Crippen LogP) is 16.3. The van der Waals surface area contributed by atoms with E-state index in [2.05, 4.69) is 217 Å². The van der Waals surface area contributed by atoms with Gasteiger partial charge in [-0.3, -0.25) is 0 Å². The van der Waals surface area contributed by atoms with E-state index < -0.39 is 0 Å². The lowest BCUT2D eigenvalue weighted by atomic mass is 9.93. The highest BCUT2D eigenvalue weighted by Gasteiger charge is 2.24. The highest BCUT2D eigenvalue weighted by molar-refractivity contribution is 7.27. The van der Waals surface area contributed by atoms with Crippen LogP contribution in [-0.4, -0.2) is 0 Å². The van der Waals surface area contributed by atoms with Crippen molar-refractivity contribution < 1.29 is 0 Å². The van der Waals surface area contributed by atoms with Crippen molar-refractivity contribution in [2.24, 2.45) is 0 Å². The maximum atomic E-state index is 2.51. The molecule has 268 valence electrons. The summed E-state index contributed by atoms with van der Waals surface area (Å²) in [5.74, 6) is 0. The topological polar surface area (TPSA) is 3.24 Å². The summed E-state index contributed by atoms with van der Waals surface area (Å²) in [7, 11) is 0. The lowest BCUT2D eigenvalue weighted by molar-refractivity contribution is 1.32. The van der Waals surface area contributed by atoms with E-state index in [1.165, 1.54) is 95.9 Å². The minimum Gasteiger partial charge on any atom is -0.309 e. The number of rotatable bonds is 7. The molecule has 0 saturated carbocycles. The van der Waals surface area contributed by atoms with Gasteiger partial charge in [0.2, 0.25) is 0 Å². The number of benzene rings is 9. The molecule has 0 amide bonds. The number of nitrogens with zero attached hydrogens (tertiary/aromatic N) is 1.